The van der Waals surface area contributed by atoms with Gasteiger partial charge in [0, 0.05) is 28.8 Å². The number of aromatic nitrogens is 3. The van der Waals surface area contributed by atoms with Gasteiger partial charge in [0.25, 0.3) is 0 Å². The van der Waals surface area contributed by atoms with E-state index < -0.39 is 24.3 Å². The number of fused-ring (bicyclic) bond motifs is 1. The molecular weight excluding hydrogens is 335 g/mol. The van der Waals surface area contributed by atoms with E-state index in [0.29, 0.717) is 15.6 Å². The first kappa shape index (κ1) is 13.5. The zero-order valence-electron chi connectivity index (χ0n) is 14.8. The summed E-state index contributed by atoms with van der Waals surface area (Å²) in [6.45, 7) is -2.57. The third-order valence-corrected chi connectivity index (χ3v) is 4.15. The minimum absolute atomic E-state index is 0.0109. The van der Waals surface area contributed by atoms with Gasteiger partial charge in [-0.05, 0) is 43.2 Å². The van der Waals surface area contributed by atoms with E-state index in [1.807, 2.05) is 0 Å². The van der Waals surface area contributed by atoms with E-state index in [9.17, 15) is 18.0 Å². The molecule has 0 aliphatic heterocycles. The van der Waals surface area contributed by atoms with Crippen LogP contribution in [-0.2, 0) is 12.7 Å². The monoisotopic (exact) mass is 351 g/mol. The number of halogens is 3. The van der Waals surface area contributed by atoms with Crippen molar-refractivity contribution in [2.75, 3.05) is 0 Å². The van der Waals surface area contributed by atoms with Crippen LogP contribution in [0.1, 0.15) is 43.4 Å². The summed E-state index contributed by atoms with van der Waals surface area (Å²) in [5.41, 5.74) is -0.567. The van der Waals surface area contributed by atoms with Crippen molar-refractivity contribution in [3.05, 3.63) is 53.5 Å². The molecule has 130 valence electrons. The van der Waals surface area contributed by atoms with Gasteiger partial charge in [-0.25, -0.2) is 4.79 Å². The molecule has 1 N–H and O–H groups in total. The fourth-order valence-electron chi connectivity index (χ4n) is 2.90. The van der Waals surface area contributed by atoms with Gasteiger partial charge in [0.2, 0.25) is 0 Å². The summed E-state index contributed by atoms with van der Waals surface area (Å²) in [5.74, 6) is -1.13. The molecule has 4 rings (SSSR count). The highest BCUT2D eigenvalue weighted by atomic mass is 19.4. The summed E-state index contributed by atoms with van der Waals surface area (Å²) in [7, 11) is 0. The first-order valence-electron chi connectivity index (χ1n) is 8.61. The van der Waals surface area contributed by atoms with Gasteiger partial charge in [0.05, 0.1) is 14.8 Å². The second-order valence-electron chi connectivity index (χ2n) is 5.95. The van der Waals surface area contributed by atoms with Crippen molar-refractivity contribution in [3.63, 3.8) is 0 Å². The zero-order chi connectivity index (χ0) is 19.6. The molecular formula is C17H14F3N3O2. The van der Waals surface area contributed by atoms with Crippen LogP contribution < -0.4 is 0 Å². The number of alkyl halides is 3. The second-order valence-corrected chi connectivity index (χ2v) is 5.95. The molecule has 3 aromatic rings. The fourth-order valence-corrected chi connectivity index (χ4v) is 2.90. The molecule has 0 bridgehead atoms. The number of carboxylic acid groups (broad SMARTS) is 1. The van der Waals surface area contributed by atoms with Crippen LogP contribution in [0.2, 0.25) is 0 Å². The maximum atomic E-state index is 13.2. The fraction of sp³-hybridized carbons (Fsp3) is 0.294. The van der Waals surface area contributed by atoms with E-state index in [2.05, 4.69) is 5.10 Å². The standard InChI is InChI=1S/C17H14F3N3O2/c18-17(19,20)15-5-6-21-22(15)9-13-8-11-7-10(16(24)25)1-4-14(11)23(13)12-2-3-12/h1,4-8,12H,2-3,9H2,(H,24,25)/i9D2. The van der Waals surface area contributed by atoms with Crippen molar-refractivity contribution in [2.24, 2.45) is 0 Å². The Bertz CT molecular complexity index is 1050. The van der Waals surface area contributed by atoms with Gasteiger partial charge in [-0.1, -0.05) is 0 Å². The molecule has 2 aromatic heterocycles. The van der Waals surface area contributed by atoms with Gasteiger partial charge < -0.3 is 9.67 Å². The Morgan fingerprint density at radius 1 is 1.32 bits per heavy atom. The molecule has 0 atom stereocenters. The van der Waals surface area contributed by atoms with Gasteiger partial charge in [0.1, 0.15) is 5.69 Å². The summed E-state index contributed by atoms with van der Waals surface area (Å²) in [6, 6.07) is 6.45. The lowest BCUT2D eigenvalue weighted by atomic mass is 10.1. The van der Waals surface area contributed by atoms with E-state index in [1.54, 1.807) is 10.6 Å². The lowest BCUT2D eigenvalue weighted by Crippen LogP contribution is -2.16. The summed E-state index contributed by atoms with van der Waals surface area (Å²) < 4.78 is 58.5. The second kappa shape index (κ2) is 5.37. The minimum Gasteiger partial charge on any atom is -0.478 e. The highest BCUT2D eigenvalue weighted by Gasteiger charge is 2.35. The number of aromatic carboxylic acids is 1. The minimum atomic E-state index is -4.75. The molecule has 0 amide bonds. The molecule has 2 heterocycles. The number of hydrogen-bond acceptors (Lipinski definition) is 2. The highest BCUT2D eigenvalue weighted by molar-refractivity contribution is 5.94. The van der Waals surface area contributed by atoms with Crippen molar-refractivity contribution < 1.29 is 25.8 Å². The van der Waals surface area contributed by atoms with E-state index in [4.69, 9.17) is 7.85 Å². The van der Waals surface area contributed by atoms with Crippen LogP contribution >= 0.6 is 0 Å². The van der Waals surface area contributed by atoms with Crippen LogP contribution in [0.5, 0.6) is 0 Å². The zero-order valence-corrected chi connectivity index (χ0v) is 12.8. The van der Waals surface area contributed by atoms with Gasteiger partial charge in [-0.3, -0.25) is 4.68 Å². The Kier molecular flexibility index (Phi) is 2.90. The molecule has 5 nitrogen and oxygen atoms in total. The Morgan fingerprint density at radius 2 is 2.08 bits per heavy atom. The van der Waals surface area contributed by atoms with Crippen LogP contribution in [0.15, 0.2) is 36.5 Å². The average molecular weight is 351 g/mol. The number of nitrogens with zero attached hydrogens (tertiary/aromatic N) is 3. The lowest BCUT2D eigenvalue weighted by Gasteiger charge is -2.13. The molecule has 8 heteroatoms. The Hall–Kier alpha value is -2.77. The lowest BCUT2D eigenvalue weighted by molar-refractivity contribution is -0.144. The van der Waals surface area contributed by atoms with Crippen LogP contribution in [0, 0.1) is 0 Å². The third-order valence-electron chi connectivity index (χ3n) is 4.15. The van der Waals surface area contributed by atoms with E-state index in [-0.39, 0.29) is 17.3 Å². The van der Waals surface area contributed by atoms with Crippen molar-refractivity contribution in [3.8, 4) is 0 Å². The van der Waals surface area contributed by atoms with E-state index >= 15 is 0 Å². The molecule has 0 saturated heterocycles. The number of hydrogen-bond donors (Lipinski definition) is 1. The van der Waals surface area contributed by atoms with Gasteiger partial charge in [0.15, 0.2) is 0 Å². The molecule has 1 aliphatic carbocycles. The maximum Gasteiger partial charge on any atom is 0.433 e. The van der Waals surface area contributed by atoms with Crippen LogP contribution in [-0.4, -0.2) is 25.4 Å². The summed E-state index contributed by atoms with van der Waals surface area (Å²) in [4.78, 5) is 11.2. The Morgan fingerprint density at radius 3 is 2.72 bits per heavy atom. The van der Waals surface area contributed by atoms with Crippen molar-refractivity contribution in [1.29, 1.82) is 0 Å². The van der Waals surface area contributed by atoms with Gasteiger partial charge >= 0.3 is 12.1 Å². The van der Waals surface area contributed by atoms with Crippen LogP contribution in [0.3, 0.4) is 0 Å². The predicted octanol–water partition coefficient (Wildman–Crippen LogP) is 3.94. The summed E-state index contributed by atoms with van der Waals surface area (Å²) in [6.07, 6.45) is -2.29. The third kappa shape index (κ3) is 2.77. The normalized spacial score (nSPS) is 16.8. The molecule has 25 heavy (non-hydrogen) atoms. The van der Waals surface area contributed by atoms with Crippen molar-refractivity contribution in [2.45, 2.75) is 31.6 Å². The topological polar surface area (TPSA) is 60.0 Å². The Balaban J connectivity index is 1.94. The largest absolute Gasteiger partial charge is 0.478 e. The summed E-state index contributed by atoms with van der Waals surface area (Å²) in [5, 5.41) is 13.2. The van der Waals surface area contributed by atoms with Gasteiger partial charge in [-0.2, -0.15) is 18.3 Å². The first-order chi connectivity index (χ1) is 12.6. The molecule has 1 saturated carbocycles. The smallest absolute Gasteiger partial charge is 0.433 e. The van der Waals surface area contributed by atoms with Crippen LogP contribution in [0.25, 0.3) is 10.9 Å². The quantitative estimate of drug-likeness (QED) is 0.775. The number of benzene rings is 1. The molecule has 0 unspecified atom stereocenters. The number of carboxylic acids is 1. The maximum absolute atomic E-state index is 13.2. The van der Waals surface area contributed by atoms with Gasteiger partial charge in [-0.15, -0.1) is 0 Å². The highest BCUT2D eigenvalue weighted by Crippen LogP contribution is 2.40. The van der Waals surface area contributed by atoms with Crippen LogP contribution in [0.4, 0.5) is 13.2 Å². The number of carbonyl (C=O) groups is 1. The summed E-state index contributed by atoms with van der Waals surface area (Å²) >= 11 is 0. The molecule has 1 aromatic carbocycles. The number of rotatable bonds is 4. The molecule has 1 aliphatic rings. The van der Waals surface area contributed by atoms with Crippen molar-refractivity contribution >= 4 is 16.9 Å². The van der Waals surface area contributed by atoms with Crippen molar-refractivity contribution in [1.82, 2.24) is 14.3 Å². The molecule has 1 fully saturated rings. The average Bonchev–Trinajstić information content (AvgIpc) is 3.14. The van der Waals surface area contributed by atoms with E-state index in [1.165, 1.54) is 18.2 Å². The van der Waals surface area contributed by atoms with E-state index in [0.717, 1.165) is 25.1 Å². The predicted molar refractivity (Wildman–Crippen MR) is 83.5 cm³/mol. The molecule has 0 radical (unpaired) electrons. The SMILES string of the molecule is [2H]C([2H])(c1cc2cc(C(=O)O)ccc2n1C1CC1)n1nccc1C(F)(F)F. The Labute approximate surface area is 143 Å². The first-order valence-corrected chi connectivity index (χ1v) is 7.61. The molecule has 0 spiro atoms.